The number of carbonyl (C=O) groups excluding carboxylic acids is 1. The van der Waals surface area contributed by atoms with E-state index in [2.05, 4.69) is 15.3 Å². The molecule has 5 rings (SSSR count). The molecule has 0 saturated heterocycles. The zero-order chi connectivity index (χ0) is 32.5. The van der Waals surface area contributed by atoms with E-state index in [1.807, 2.05) is 25.1 Å². The van der Waals surface area contributed by atoms with Gasteiger partial charge in [-0.25, -0.2) is 32.0 Å². The Hall–Kier alpha value is -5.05. The third-order valence-corrected chi connectivity index (χ3v) is 9.59. The number of anilines is 2. The van der Waals surface area contributed by atoms with E-state index in [0.717, 1.165) is 16.1 Å². The standard InChI is InChI=1S/C31H30N6O6S2/c1-20-18-21(36(2)3)14-16-24(20)33-29(30-34-25-12-8-9-13-28(25)45(41,42)37(30)4)31(38)35-26-19-23(44(32,39)40)15-17-27(26)43-22-10-6-5-7-11-22/h5-19H,1-4H3,(H,35,38)(H2,32,39,40)/b33-29-. The first-order chi connectivity index (χ1) is 21.3. The van der Waals surface area contributed by atoms with Crippen molar-refractivity contribution >= 4 is 60.3 Å². The summed E-state index contributed by atoms with van der Waals surface area (Å²) in [7, 11) is -3.22. The molecule has 1 heterocycles. The van der Waals surface area contributed by atoms with Crippen molar-refractivity contribution in [1.82, 2.24) is 4.31 Å². The van der Waals surface area contributed by atoms with Gasteiger partial charge >= 0.3 is 0 Å². The quantitative estimate of drug-likeness (QED) is 0.265. The SMILES string of the molecule is Cc1cc(N(C)C)ccc1/N=C(\C(=O)Nc1cc(S(N)(=O)=O)ccc1Oc1ccccc1)C1=Nc2ccccc2S(=O)(=O)N1C. The summed E-state index contributed by atoms with van der Waals surface area (Å²) >= 11 is 0. The number of aliphatic imine (C=N–C) groups is 2. The van der Waals surface area contributed by atoms with Gasteiger partial charge in [0.05, 0.1) is 22.0 Å². The summed E-state index contributed by atoms with van der Waals surface area (Å²) in [5, 5.41) is 8.04. The van der Waals surface area contributed by atoms with Crippen LogP contribution in [-0.2, 0) is 24.8 Å². The summed E-state index contributed by atoms with van der Waals surface area (Å²) in [5.41, 5.74) is 1.72. The van der Waals surface area contributed by atoms with Crippen LogP contribution in [0.5, 0.6) is 11.5 Å². The van der Waals surface area contributed by atoms with Crippen LogP contribution in [-0.4, -0.2) is 59.7 Å². The highest BCUT2D eigenvalue weighted by Gasteiger charge is 2.36. The number of sulfonamides is 2. The topological polar surface area (TPSA) is 164 Å². The van der Waals surface area contributed by atoms with Gasteiger partial charge in [0, 0.05) is 26.8 Å². The average Bonchev–Trinajstić information content (AvgIpc) is 2.99. The monoisotopic (exact) mass is 646 g/mol. The Morgan fingerprint density at radius 3 is 2.33 bits per heavy atom. The third-order valence-electron chi connectivity index (χ3n) is 6.88. The minimum absolute atomic E-state index is 0.0260. The van der Waals surface area contributed by atoms with Gasteiger partial charge in [-0.1, -0.05) is 30.3 Å². The Balaban J connectivity index is 1.67. The van der Waals surface area contributed by atoms with Gasteiger partial charge in [-0.3, -0.25) is 9.10 Å². The number of primary sulfonamides is 1. The number of carbonyl (C=O) groups is 1. The number of nitrogens with two attached hydrogens (primary N) is 1. The van der Waals surface area contributed by atoms with E-state index < -0.39 is 26.0 Å². The van der Waals surface area contributed by atoms with Crippen molar-refractivity contribution in [3.8, 4) is 11.5 Å². The molecule has 14 heteroatoms. The molecule has 45 heavy (non-hydrogen) atoms. The van der Waals surface area contributed by atoms with E-state index >= 15 is 0 Å². The lowest BCUT2D eigenvalue weighted by Gasteiger charge is -2.27. The predicted octanol–water partition coefficient (Wildman–Crippen LogP) is 4.58. The molecule has 4 aromatic carbocycles. The zero-order valence-electron chi connectivity index (χ0n) is 24.8. The Kier molecular flexibility index (Phi) is 8.47. The molecule has 0 unspecified atom stereocenters. The number of amides is 1. The second-order valence-electron chi connectivity index (χ2n) is 10.3. The van der Waals surface area contributed by atoms with Crippen LogP contribution >= 0.6 is 0 Å². The van der Waals surface area contributed by atoms with Crippen molar-refractivity contribution in [2.75, 3.05) is 31.4 Å². The molecule has 232 valence electrons. The van der Waals surface area contributed by atoms with Crippen LogP contribution in [0.25, 0.3) is 0 Å². The lowest BCUT2D eigenvalue weighted by atomic mass is 10.1. The highest BCUT2D eigenvalue weighted by atomic mass is 32.2. The fraction of sp³-hybridized carbons (Fsp3) is 0.129. The van der Waals surface area contributed by atoms with Crippen LogP contribution < -0.4 is 20.1 Å². The summed E-state index contributed by atoms with van der Waals surface area (Å²) in [5.74, 6) is -0.600. The van der Waals surface area contributed by atoms with Crippen molar-refractivity contribution < 1.29 is 26.4 Å². The summed E-state index contributed by atoms with van der Waals surface area (Å²) in [6.45, 7) is 1.81. The normalized spacial score (nSPS) is 14.3. The molecule has 0 bridgehead atoms. The first kappa shape index (κ1) is 31.4. The number of fused-ring (bicyclic) bond motifs is 1. The number of hydrogen-bond donors (Lipinski definition) is 2. The summed E-state index contributed by atoms with van der Waals surface area (Å²) in [6.07, 6.45) is 0. The number of aryl methyl sites for hydroxylation is 1. The number of amidine groups is 1. The van der Waals surface area contributed by atoms with Gasteiger partial charge in [0.25, 0.3) is 15.9 Å². The van der Waals surface area contributed by atoms with E-state index in [1.165, 1.54) is 31.3 Å². The summed E-state index contributed by atoms with van der Waals surface area (Å²) in [4.78, 5) is 24.9. The van der Waals surface area contributed by atoms with Gasteiger partial charge in [0.15, 0.2) is 17.3 Å². The minimum atomic E-state index is -4.17. The van der Waals surface area contributed by atoms with Crippen LogP contribution in [0.2, 0.25) is 0 Å². The number of nitrogens with one attached hydrogen (secondary N) is 1. The maximum atomic E-state index is 14.1. The predicted molar refractivity (Wildman–Crippen MR) is 174 cm³/mol. The average molecular weight is 647 g/mol. The molecule has 12 nitrogen and oxygen atoms in total. The van der Waals surface area contributed by atoms with Crippen molar-refractivity contribution in [1.29, 1.82) is 0 Å². The van der Waals surface area contributed by atoms with Crippen LogP contribution in [0.4, 0.5) is 22.7 Å². The van der Waals surface area contributed by atoms with E-state index in [4.69, 9.17) is 9.88 Å². The lowest BCUT2D eigenvalue weighted by molar-refractivity contribution is -0.110. The zero-order valence-corrected chi connectivity index (χ0v) is 26.4. The van der Waals surface area contributed by atoms with E-state index in [1.54, 1.807) is 61.5 Å². The Morgan fingerprint density at radius 1 is 0.978 bits per heavy atom. The molecule has 1 amide bonds. The molecule has 1 aliphatic heterocycles. The molecule has 0 radical (unpaired) electrons. The highest BCUT2D eigenvalue weighted by Crippen LogP contribution is 2.34. The van der Waals surface area contributed by atoms with Crippen molar-refractivity contribution in [3.05, 3.63) is 96.6 Å². The van der Waals surface area contributed by atoms with E-state index in [0.29, 0.717) is 17.0 Å². The fourth-order valence-electron chi connectivity index (χ4n) is 4.45. The largest absolute Gasteiger partial charge is 0.455 e. The van der Waals surface area contributed by atoms with Gasteiger partial charge in [-0.05, 0) is 73.2 Å². The van der Waals surface area contributed by atoms with Crippen LogP contribution in [0.3, 0.4) is 0 Å². The molecule has 0 aliphatic carbocycles. The van der Waals surface area contributed by atoms with Gasteiger partial charge in [-0.2, -0.15) is 0 Å². The van der Waals surface area contributed by atoms with Crippen molar-refractivity contribution in [3.63, 3.8) is 0 Å². The molecule has 3 N–H and O–H groups in total. The minimum Gasteiger partial charge on any atom is -0.455 e. The van der Waals surface area contributed by atoms with E-state index in [9.17, 15) is 21.6 Å². The molecule has 0 aromatic heterocycles. The maximum Gasteiger partial charge on any atom is 0.278 e. The van der Waals surface area contributed by atoms with Crippen LogP contribution in [0, 0.1) is 6.92 Å². The number of ether oxygens (including phenoxy) is 1. The number of nitrogens with zero attached hydrogens (tertiary/aromatic N) is 4. The Morgan fingerprint density at radius 2 is 1.67 bits per heavy atom. The van der Waals surface area contributed by atoms with Crippen molar-refractivity contribution in [2.24, 2.45) is 15.1 Å². The van der Waals surface area contributed by atoms with Gasteiger partial charge in [0.2, 0.25) is 10.0 Å². The summed E-state index contributed by atoms with van der Waals surface area (Å²) < 4.78 is 58.3. The molecule has 0 saturated carbocycles. The van der Waals surface area contributed by atoms with Gasteiger partial charge in [0.1, 0.15) is 10.6 Å². The fourth-order valence-corrected chi connectivity index (χ4v) is 6.27. The second-order valence-corrected chi connectivity index (χ2v) is 13.8. The number of para-hydroxylation sites is 2. The first-order valence-corrected chi connectivity index (χ1v) is 16.5. The van der Waals surface area contributed by atoms with E-state index in [-0.39, 0.29) is 38.5 Å². The molecule has 0 fully saturated rings. The third kappa shape index (κ3) is 6.57. The smallest absolute Gasteiger partial charge is 0.278 e. The molecule has 4 aromatic rings. The maximum absolute atomic E-state index is 14.1. The molecular weight excluding hydrogens is 617 g/mol. The summed E-state index contributed by atoms with van der Waals surface area (Å²) in [6, 6.07) is 23.9. The Labute approximate surface area is 261 Å². The molecule has 1 aliphatic rings. The van der Waals surface area contributed by atoms with Crippen LogP contribution in [0.1, 0.15) is 5.56 Å². The van der Waals surface area contributed by atoms with Crippen molar-refractivity contribution in [2.45, 2.75) is 16.7 Å². The molecule has 0 spiro atoms. The number of benzene rings is 4. The highest BCUT2D eigenvalue weighted by molar-refractivity contribution is 7.90. The number of rotatable bonds is 8. The van der Waals surface area contributed by atoms with Gasteiger partial charge < -0.3 is 15.0 Å². The van der Waals surface area contributed by atoms with Gasteiger partial charge in [-0.15, -0.1) is 0 Å². The lowest BCUT2D eigenvalue weighted by Crippen LogP contribution is -2.44. The first-order valence-electron chi connectivity index (χ1n) is 13.5. The van der Waals surface area contributed by atoms with Crippen LogP contribution in [0.15, 0.2) is 111 Å². The number of hydrogen-bond acceptors (Lipinski definition) is 9. The second kappa shape index (κ2) is 12.1. The Bertz CT molecular complexity index is 2080. The molecular formula is C31H30N6O6S2. The molecule has 0 atom stereocenters.